The standard InChI is InChI=1S/C16H16N4O4/c1-23-15(22)11-5-17-14(21)12-6-20(3-2-10(11)12)16-18-4-9-7-24-8-13(9)19-16/h4-5H,2-3,6-8H2,1H3,(H,17,21). The number of nitrogens with zero attached hydrogens (tertiary/aromatic N) is 3. The van der Waals surface area contributed by atoms with Crippen LogP contribution in [0.25, 0.3) is 0 Å². The highest BCUT2D eigenvalue weighted by Crippen LogP contribution is 2.25. The van der Waals surface area contributed by atoms with E-state index in [0.717, 1.165) is 16.8 Å². The molecule has 4 heterocycles. The Kier molecular flexibility index (Phi) is 3.53. The van der Waals surface area contributed by atoms with Crippen LogP contribution in [0.5, 0.6) is 0 Å². The van der Waals surface area contributed by atoms with Crippen LogP contribution < -0.4 is 10.5 Å². The number of carbonyl (C=O) groups excluding carboxylic acids is 1. The van der Waals surface area contributed by atoms with Crippen molar-refractivity contribution in [3.05, 3.63) is 50.7 Å². The average Bonchev–Trinajstić information content (AvgIpc) is 3.09. The first-order valence-corrected chi connectivity index (χ1v) is 7.66. The van der Waals surface area contributed by atoms with Crippen LogP contribution in [0.2, 0.25) is 0 Å². The van der Waals surface area contributed by atoms with Crippen LogP contribution in [0.15, 0.2) is 17.2 Å². The summed E-state index contributed by atoms with van der Waals surface area (Å²) in [5.74, 6) is 0.134. The molecule has 0 aliphatic carbocycles. The third-order valence-electron chi connectivity index (χ3n) is 4.42. The molecule has 8 heteroatoms. The fraction of sp³-hybridized carbons (Fsp3) is 0.375. The Hall–Kier alpha value is -2.74. The Morgan fingerprint density at radius 3 is 3.08 bits per heavy atom. The van der Waals surface area contributed by atoms with E-state index in [2.05, 4.69) is 15.0 Å². The summed E-state index contributed by atoms with van der Waals surface area (Å²) < 4.78 is 10.2. The number of nitrogens with one attached hydrogen (secondary N) is 1. The molecule has 4 rings (SSSR count). The first-order chi connectivity index (χ1) is 11.7. The molecule has 0 fully saturated rings. The molecule has 1 N–H and O–H groups in total. The van der Waals surface area contributed by atoms with Gasteiger partial charge in [0, 0.05) is 30.1 Å². The highest BCUT2D eigenvalue weighted by molar-refractivity contribution is 5.91. The largest absolute Gasteiger partial charge is 0.465 e. The fourth-order valence-corrected chi connectivity index (χ4v) is 3.13. The number of pyridine rings is 1. The van der Waals surface area contributed by atoms with Gasteiger partial charge in [-0.3, -0.25) is 4.79 Å². The lowest BCUT2D eigenvalue weighted by atomic mass is 9.97. The molecule has 0 radical (unpaired) electrons. The predicted molar refractivity (Wildman–Crippen MR) is 83.7 cm³/mol. The smallest absolute Gasteiger partial charge is 0.339 e. The second-order valence-corrected chi connectivity index (χ2v) is 5.79. The molecular weight excluding hydrogens is 312 g/mol. The second-order valence-electron chi connectivity index (χ2n) is 5.79. The predicted octanol–water partition coefficient (Wildman–Crippen LogP) is 0.544. The lowest BCUT2D eigenvalue weighted by Crippen LogP contribution is -2.37. The van der Waals surface area contributed by atoms with E-state index >= 15 is 0 Å². The Balaban J connectivity index is 1.69. The van der Waals surface area contributed by atoms with Gasteiger partial charge in [0.2, 0.25) is 5.95 Å². The minimum absolute atomic E-state index is 0.202. The van der Waals surface area contributed by atoms with E-state index < -0.39 is 5.97 Å². The number of ether oxygens (including phenoxy) is 2. The van der Waals surface area contributed by atoms with E-state index in [4.69, 9.17) is 9.47 Å². The maximum atomic E-state index is 12.2. The van der Waals surface area contributed by atoms with Crippen LogP contribution in [0.4, 0.5) is 5.95 Å². The molecule has 124 valence electrons. The van der Waals surface area contributed by atoms with Crippen molar-refractivity contribution in [1.29, 1.82) is 0 Å². The van der Waals surface area contributed by atoms with E-state index in [9.17, 15) is 9.59 Å². The zero-order valence-electron chi connectivity index (χ0n) is 13.2. The van der Waals surface area contributed by atoms with Gasteiger partial charge in [-0.25, -0.2) is 14.8 Å². The number of methoxy groups -OCH3 is 1. The number of hydrogen-bond donors (Lipinski definition) is 1. The van der Waals surface area contributed by atoms with Gasteiger partial charge >= 0.3 is 5.97 Å². The van der Waals surface area contributed by atoms with Gasteiger partial charge in [-0.2, -0.15) is 0 Å². The fourth-order valence-electron chi connectivity index (χ4n) is 3.13. The van der Waals surface area contributed by atoms with Crippen molar-refractivity contribution in [2.24, 2.45) is 0 Å². The monoisotopic (exact) mass is 328 g/mol. The third-order valence-corrected chi connectivity index (χ3v) is 4.42. The lowest BCUT2D eigenvalue weighted by Gasteiger charge is -2.29. The number of H-pyrrole nitrogens is 1. The number of esters is 1. The number of aromatic nitrogens is 3. The summed E-state index contributed by atoms with van der Waals surface area (Å²) in [6.07, 6.45) is 3.75. The highest BCUT2D eigenvalue weighted by atomic mass is 16.5. The molecule has 0 amide bonds. The first kappa shape index (κ1) is 14.8. The van der Waals surface area contributed by atoms with E-state index in [1.807, 2.05) is 4.90 Å². The van der Waals surface area contributed by atoms with E-state index in [0.29, 0.717) is 49.8 Å². The van der Waals surface area contributed by atoms with Crippen LogP contribution in [-0.2, 0) is 35.7 Å². The number of carbonyl (C=O) groups is 1. The van der Waals surface area contributed by atoms with E-state index in [-0.39, 0.29) is 5.56 Å². The van der Waals surface area contributed by atoms with Crippen molar-refractivity contribution in [3.63, 3.8) is 0 Å². The van der Waals surface area contributed by atoms with Crippen molar-refractivity contribution in [3.8, 4) is 0 Å². The average molecular weight is 328 g/mol. The van der Waals surface area contributed by atoms with Crippen molar-refractivity contribution < 1.29 is 14.3 Å². The second kappa shape index (κ2) is 5.72. The number of rotatable bonds is 2. The molecule has 2 aliphatic rings. The molecule has 0 saturated carbocycles. The maximum absolute atomic E-state index is 12.2. The van der Waals surface area contributed by atoms with Gasteiger partial charge in [-0.15, -0.1) is 0 Å². The van der Waals surface area contributed by atoms with Crippen LogP contribution in [0.3, 0.4) is 0 Å². The normalized spacial score (nSPS) is 15.8. The topological polar surface area (TPSA) is 97.4 Å². The van der Waals surface area contributed by atoms with Crippen LogP contribution in [-0.4, -0.2) is 34.6 Å². The van der Waals surface area contributed by atoms with Crippen molar-refractivity contribution in [1.82, 2.24) is 15.0 Å². The van der Waals surface area contributed by atoms with Crippen LogP contribution in [0, 0.1) is 0 Å². The highest BCUT2D eigenvalue weighted by Gasteiger charge is 2.26. The summed E-state index contributed by atoms with van der Waals surface area (Å²) in [7, 11) is 1.33. The molecule has 2 aliphatic heterocycles. The molecule has 0 aromatic carbocycles. The SMILES string of the molecule is COC(=O)c1c[nH]c(=O)c2c1CCN(c1ncc3c(n1)COC3)C2. The summed E-state index contributed by atoms with van der Waals surface area (Å²) in [6.45, 7) is 2.01. The maximum Gasteiger partial charge on any atom is 0.339 e. The lowest BCUT2D eigenvalue weighted by molar-refractivity contribution is 0.0598. The minimum Gasteiger partial charge on any atom is -0.465 e. The molecule has 0 bridgehead atoms. The number of hydrogen-bond acceptors (Lipinski definition) is 7. The number of fused-ring (bicyclic) bond motifs is 2. The Morgan fingerprint density at radius 1 is 1.38 bits per heavy atom. The van der Waals surface area contributed by atoms with Crippen molar-refractivity contribution in [2.45, 2.75) is 26.2 Å². The molecule has 2 aromatic heterocycles. The Labute approximate surface area is 137 Å². The van der Waals surface area contributed by atoms with Gasteiger partial charge in [-0.1, -0.05) is 0 Å². The van der Waals surface area contributed by atoms with Gasteiger partial charge in [0.05, 0.1) is 38.1 Å². The van der Waals surface area contributed by atoms with Gasteiger partial charge in [0.25, 0.3) is 5.56 Å². The summed E-state index contributed by atoms with van der Waals surface area (Å²) in [4.78, 5) is 37.6. The van der Waals surface area contributed by atoms with E-state index in [1.54, 1.807) is 6.20 Å². The molecule has 24 heavy (non-hydrogen) atoms. The number of anilines is 1. The first-order valence-electron chi connectivity index (χ1n) is 7.66. The summed E-state index contributed by atoms with van der Waals surface area (Å²) in [6, 6.07) is 0. The van der Waals surface area contributed by atoms with Gasteiger partial charge in [-0.05, 0) is 12.0 Å². The van der Waals surface area contributed by atoms with Crippen LogP contribution >= 0.6 is 0 Å². The van der Waals surface area contributed by atoms with Crippen molar-refractivity contribution >= 4 is 11.9 Å². The van der Waals surface area contributed by atoms with Crippen molar-refractivity contribution in [2.75, 3.05) is 18.6 Å². The molecule has 0 spiro atoms. The molecule has 0 unspecified atom stereocenters. The van der Waals surface area contributed by atoms with E-state index in [1.165, 1.54) is 13.3 Å². The number of aromatic amines is 1. The zero-order valence-corrected chi connectivity index (χ0v) is 13.2. The van der Waals surface area contributed by atoms with Gasteiger partial charge < -0.3 is 19.4 Å². The molecule has 8 nitrogen and oxygen atoms in total. The summed E-state index contributed by atoms with van der Waals surface area (Å²) in [5, 5.41) is 0. The Bertz CT molecular complexity index is 877. The minimum atomic E-state index is -0.443. The summed E-state index contributed by atoms with van der Waals surface area (Å²) >= 11 is 0. The quantitative estimate of drug-likeness (QED) is 0.804. The zero-order chi connectivity index (χ0) is 16.7. The molecule has 2 aromatic rings. The molecular formula is C16H16N4O4. The van der Waals surface area contributed by atoms with Gasteiger partial charge in [0.15, 0.2) is 0 Å². The third kappa shape index (κ3) is 2.35. The summed E-state index contributed by atoms with van der Waals surface area (Å²) in [5.41, 5.74) is 3.41. The van der Waals surface area contributed by atoms with Gasteiger partial charge in [0.1, 0.15) is 0 Å². The molecule has 0 atom stereocenters. The van der Waals surface area contributed by atoms with Crippen LogP contribution in [0.1, 0.15) is 32.7 Å². The molecule has 0 saturated heterocycles. The Morgan fingerprint density at radius 2 is 2.25 bits per heavy atom.